The van der Waals surface area contributed by atoms with E-state index in [0.717, 1.165) is 12.8 Å². The summed E-state index contributed by atoms with van der Waals surface area (Å²) in [5.41, 5.74) is -0.183. The molecular formula is C13H19NO4S. The van der Waals surface area contributed by atoms with Crippen molar-refractivity contribution in [3.63, 3.8) is 0 Å². The smallest absolute Gasteiger partial charge is 0.337 e. The molecular weight excluding hydrogens is 266 g/mol. The molecule has 0 saturated heterocycles. The zero-order valence-electron chi connectivity index (χ0n) is 11.2. The Bertz CT molecular complexity index is 539. The van der Waals surface area contributed by atoms with Gasteiger partial charge >= 0.3 is 5.97 Å². The lowest BCUT2D eigenvalue weighted by atomic mass is 10.2. The zero-order valence-corrected chi connectivity index (χ0v) is 12.0. The van der Waals surface area contributed by atoms with Crippen LogP contribution in [-0.4, -0.2) is 36.9 Å². The number of unbranched alkanes of at least 4 members (excludes halogenated alkanes) is 1. The van der Waals surface area contributed by atoms with Crippen LogP contribution >= 0.6 is 0 Å². The van der Waals surface area contributed by atoms with Crippen molar-refractivity contribution in [1.82, 2.24) is 4.31 Å². The lowest BCUT2D eigenvalue weighted by Crippen LogP contribution is -2.32. The third-order valence-corrected chi connectivity index (χ3v) is 4.88. The van der Waals surface area contributed by atoms with Gasteiger partial charge in [-0.25, -0.2) is 13.2 Å². The molecule has 1 aromatic carbocycles. The summed E-state index contributed by atoms with van der Waals surface area (Å²) in [4.78, 5) is 11.0. The Balaban J connectivity index is 3.22. The van der Waals surface area contributed by atoms with Crippen LogP contribution < -0.4 is 0 Å². The largest absolute Gasteiger partial charge is 0.478 e. The van der Waals surface area contributed by atoms with E-state index in [9.17, 15) is 13.2 Å². The summed E-state index contributed by atoms with van der Waals surface area (Å²) in [6, 6.07) is 5.70. The quantitative estimate of drug-likeness (QED) is 0.833. The molecule has 106 valence electrons. The Morgan fingerprint density at radius 3 is 2.42 bits per heavy atom. The first-order valence-electron chi connectivity index (χ1n) is 6.27. The molecule has 0 aliphatic carbocycles. The van der Waals surface area contributed by atoms with Crippen molar-refractivity contribution in [2.75, 3.05) is 13.1 Å². The molecule has 0 fully saturated rings. The molecule has 19 heavy (non-hydrogen) atoms. The molecule has 0 spiro atoms. The van der Waals surface area contributed by atoms with Gasteiger partial charge in [0.25, 0.3) is 0 Å². The van der Waals surface area contributed by atoms with Gasteiger partial charge in [0.1, 0.15) is 0 Å². The monoisotopic (exact) mass is 285 g/mol. The Morgan fingerprint density at radius 1 is 1.26 bits per heavy atom. The van der Waals surface area contributed by atoms with Gasteiger partial charge in [0.15, 0.2) is 0 Å². The van der Waals surface area contributed by atoms with Crippen LogP contribution in [-0.2, 0) is 10.0 Å². The Labute approximate surface area is 113 Å². The highest BCUT2D eigenvalue weighted by Gasteiger charge is 2.27. The number of aromatic carboxylic acids is 1. The van der Waals surface area contributed by atoms with Gasteiger partial charge in [-0.1, -0.05) is 32.4 Å². The predicted molar refractivity (Wildman–Crippen MR) is 72.7 cm³/mol. The first kappa shape index (κ1) is 15.7. The number of benzene rings is 1. The Morgan fingerprint density at radius 2 is 1.89 bits per heavy atom. The maximum absolute atomic E-state index is 12.5. The van der Waals surface area contributed by atoms with E-state index < -0.39 is 16.0 Å². The van der Waals surface area contributed by atoms with Gasteiger partial charge in [-0.2, -0.15) is 4.31 Å². The fraction of sp³-hybridized carbons (Fsp3) is 0.462. The average Bonchev–Trinajstić information content (AvgIpc) is 2.39. The van der Waals surface area contributed by atoms with Crippen molar-refractivity contribution in [2.45, 2.75) is 31.6 Å². The number of carboxylic acids is 1. The van der Waals surface area contributed by atoms with E-state index in [1.54, 1.807) is 6.92 Å². The summed E-state index contributed by atoms with van der Waals surface area (Å²) in [7, 11) is -3.75. The van der Waals surface area contributed by atoms with Crippen LogP contribution in [0.15, 0.2) is 29.2 Å². The summed E-state index contributed by atoms with van der Waals surface area (Å²) in [6.07, 6.45) is 1.63. The first-order chi connectivity index (χ1) is 8.95. The van der Waals surface area contributed by atoms with Crippen LogP contribution in [0.5, 0.6) is 0 Å². The highest BCUT2D eigenvalue weighted by molar-refractivity contribution is 7.89. The second-order valence-corrected chi connectivity index (χ2v) is 6.06. The fourth-order valence-electron chi connectivity index (χ4n) is 1.79. The van der Waals surface area contributed by atoms with Gasteiger partial charge < -0.3 is 5.11 Å². The molecule has 0 amide bonds. The zero-order chi connectivity index (χ0) is 14.5. The fourth-order valence-corrected chi connectivity index (χ4v) is 3.46. The van der Waals surface area contributed by atoms with Crippen LogP contribution in [0.4, 0.5) is 0 Å². The van der Waals surface area contributed by atoms with Crippen molar-refractivity contribution in [3.8, 4) is 0 Å². The average molecular weight is 285 g/mol. The van der Waals surface area contributed by atoms with Gasteiger partial charge in [-0.05, 0) is 18.6 Å². The van der Waals surface area contributed by atoms with Crippen molar-refractivity contribution in [3.05, 3.63) is 29.8 Å². The molecule has 1 N–H and O–H groups in total. The molecule has 0 aliphatic heterocycles. The number of carboxylic acid groups (broad SMARTS) is 1. The lowest BCUT2D eigenvalue weighted by Gasteiger charge is -2.21. The van der Waals surface area contributed by atoms with Gasteiger partial charge in [0.05, 0.1) is 10.5 Å². The molecule has 6 heteroatoms. The van der Waals surface area contributed by atoms with Crippen molar-refractivity contribution < 1.29 is 18.3 Å². The molecule has 0 atom stereocenters. The number of rotatable bonds is 7. The normalized spacial score (nSPS) is 11.7. The lowest BCUT2D eigenvalue weighted by molar-refractivity contribution is 0.0692. The summed E-state index contributed by atoms with van der Waals surface area (Å²) in [5.74, 6) is -1.23. The van der Waals surface area contributed by atoms with Crippen LogP contribution in [0.25, 0.3) is 0 Å². The molecule has 5 nitrogen and oxygen atoms in total. The van der Waals surface area contributed by atoms with E-state index in [2.05, 4.69) is 0 Å². The van der Waals surface area contributed by atoms with Crippen LogP contribution in [0.2, 0.25) is 0 Å². The maximum atomic E-state index is 12.5. The topological polar surface area (TPSA) is 74.7 Å². The summed E-state index contributed by atoms with van der Waals surface area (Å²) < 4.78 is 26.2. The van der Waals surface area contributed by atoms with Gasteiger partial charge in [-0.3, -0.25) is 0 Å². The predicted octanol–water partition coefficient (Wildman–Crippen LogP) is 2.20. The maximum Gasteiger partial charge on any atom is 0.337 e. The summed E-state index contributed by atoms with van der Waals surface area (Å²) >= 11 is 0. The van der Waals surface area contributed by atoms with Crippen molar-refractivity contribution in [2.24, 2.45) is 0 Å². The number of hydrogen-bond donors (Lipinski definition) is 1. The highest BCUT2D eigenvalue weighted by atomic mass is 32.2. The van der Waals surface area contributed by atoms with E-state index in [4.69, 9.17) is 5.11 Å². The summed E-state index contributed by atoms with van der Waals surface area (Å²) in [6.45, 7) is 4.46. The van der Waals surface area contributed by atoms with Gasteiger partial charge in [-0.15, -0.1) is 0 Å². The molecule has 0 unspecified atom stereocenters. The molecule has 0 radical (unpaired) electrons. The molecule has 0 heterocycles. The molecule has 1 aromatic rings. The molecule has 0 aromatic heterocycles. The van der Waals surface area contributed by atoms with E-state index >= 15 is 0 Å². The molecule has 0 saturated carbocycles. The minimum atomic E-state index is -3.75. The number of sulfonamides is 1. The third kappa shape index (κ3) is 3.54. The number of nitrogens with zero attached hydrogens (tertiary/aromatic N) is 1. The minimum Gasteiger partial charge on any atom is -0.478 e. The second-order valence-electron chi connectivity index (χ2n) is 4.15. The van der Waals surface area contributed by atoms with Crippen LogP contribution in [0.3, 0.4) is 0 Å². The van der Waals surface area contributed by atoms with E-state index in [1.807, 2.05) is 6.92 Å². The third-order valence-electron chi connectivity index (χ3n) is 2.85. The van der Waals surface area contributed by atoms with Gasteiger partial charge in [0, 0.05) is 13.1 Å². The van der Waals surface area contributed by atoms with E-state index in [0.29, 0.717) is 13.1 Å². The minimum absolute atomic E-state index is 0.138. The highest BCUT2D eigenvalue weighted by Crippen LogP contribution is 2.20. The second kappa shape index (κ2) is 6.68. The Hall–Kier alpha value is -1.40. The van der Waals surface area contributed by atoms with Crippen molar-refractivity contribution in [1.29, 1.82) is 0 Å². The summed E-state index contributed by atoms with van der Waals surface area (Å²) in [5, 5.41) is 9.08. The number of carbonyl (C=O) groups is 1. The molecule has 0 aliphatic rings. The number of hydrogen-bond acceptors (Lipinski definition) is 3. The standard InChI is InChI=1S/C13H19NO4S/c1-3-5-10-14(4-2)19(17,18)12-9-7-6-8-11(12)13(15)16/h6-9H,3-5,10H2,1-2H3,(H,15,16). The Kier molecular flexibility index (Phi) is 5.50. The van der Waals surface area contributed by atoms with Gasteiger partial charge in [0.2, 0.25) is 10.0 Å². The van der Waals surface area contributed by atoms with Crippen molar-refractivity contribution >= 4 is 16.0 Å². The van der Waals surface area contributed by atoms with Crippen LogP contribution in [0, 0.1) is 0 Å². The molecule has 1 rings (SSSR count). The van der Waals surface area contributed by atoms with E-state index in [1.165, 1.54) is 28.6 Å². The first-order valence-corrected chi connectivity index (χ1v) is 7.71. The van der Waals surface area contributed by atoms with Crippen LogP contribution in [0.1, 0.15) is 37.0 Å². The SMILES string of the molecule is CCCCN(CC)S(=O)(=O)c1ccccc1C(=O)O. The molecule has 0 bridgehead atoms. The van der Waals surface area contributed by atoms with E-state index in [-0.39, 0.29) is 10.5 Å².